The number of nitrogens with one attached hydrogen (secondary N) is 1. The summed E-state index contributed by atoms with van der Waals surface area (Å²) in [5.74, 6) is -0.192. The van der Waals surface area contributed by atoms with Crippen LogP contribution in [0.1, 0.15) is 48.9 Å². The number of hydrogen-bond donors (Lipinski definition) is 1. The van der Waals surface area contributed by atoms with Gasteiger partial charge in [-0.05, 0) is 61.6 Å². The Hall–Kier alpha value is -2.33. The molecule has 29 heavy (non-hydrogen) atoms. The van der Waals surface area contributed by atoms with E-state index in [1.807, 2.05) is 37.3 Å². The maximum absolute atomic E-state index is 13.2. The van der Waals surface area contributed by atoms with Crippen LogP contribution in [0.15, 0.2) is 42.5 Å². The summed E-state index contributed by atoms with van der Waals surface area (Å²) in [7, 11) is 0. The molecule has 1 N–H and O–H groups in total. The minimum absolute atomic E-state index is 0.0682. The molecule has 156 valence electrons. The Morgan fingerprint density at radius 2 is 1.69 bits per heavy atom. The Balaban J connectivity index is 2.19. The van der Waals surface area contributed by atoms with Gasteiger partial charge in [0.25, 0.3) is 0 Å². The lowest BCUT2D eigenvalue weighted by Gasteiger charge is -2.29. The van der Waals surface area contributed by atoms with Crippen LogP contribution in [0.25, 0.3) is 0 Å². The van der Waals surface area contributed by atoms with E-state index in [9.17, 15) is 9.59 Å². The van der Waals surface area contributed by atoms with Crippen LogP contribution in [0.2, 0.25) is 5.02 Å². The van der Waals surface area contributed by atoms with Gasteiger partial charge in [0.2, 0.25) is 11.8 Å². The van der Waals surface area contributed by atoms with Crippen molar-refractivity contribution < 1.29 is 9.59 Å². The fourth-order valence-corrected chi connectivity index (χ4v) is 3.22. The van der Waals surface area contributed by atoms with Gasteiger partial charge in [-0.1, -0.05) is 55.3 Å². The molecule has 4 nitrogen and oxygen atoms in total. The van der Waals surface area contributed by atoms with E-state index >= 15 is 0 Å². The lowest BCUT2D eigenvalue weighted by molar-refractivity contribution is -0.140. The molecule has 2 aromatic carbocycles. The zero-order valence-electron chi connectivity index (χ0n) is 17.8. The summed E-state index contributed by atoms with van der Waals surface area (Å²) in [6.07, 6.45) is 2.20. The van der Waals surface area contributed by atoms with Gasteiger partial charge < -0.3 is 10.2 Å². The van der Waals surface area contributed by atoms with Gasteiger partial charge in [0, 0.05) is 18.1 Å². The number of hydrogen-bond acceptors (Lipinski definition) is 2. The predicted octanol–water partition coefficient (Wildman–Crippen LogP) is 4.83. The first-order chi connectivity index (χ1) is 13.8. The predicted molar refractivity (Wildman–Crippen MR) is 119 cm³/mol. The van der Waals surface area contributed by atoms with Crippen molar-refractivity contribution in [2.45, 2.75) is 59.5 Å². The number of unbranched alkanes of at least 4 members (excludes halogenated alkanes) is 1. The molecule has 2 amide bonds. The zero-order valence-corrected chi connectivity index (χ0v) is 18.6. The molecule has 0 fully saturated rings. The van der Waals surface area contributed by atoms with Crippen LogP contribution in [0.5, 0.6) is 0 Å². The third kappa shape index (κ3) is 6.90. The van der Waals surface area contributed by atoms with Crippen molar-refractivity contribution in [3.8, 4) is 0 Å². The molecule has 1 atom stereocenters. The number of aryl methyl sites for hydroxylation is 2. The highest BCUT2D eigenvalue weighted by atomic mass is 35.5. The van der Waals surface area contributed by atoms with Gasteiger partial charge in [-0.25, -0.2) is 0 Å². The van der Waals surface area contributed by atoms with Crippen molar-refractivity contribution in [3.05, 3.63) is 69.7 Å². The van der Waals surface area contributed by atoms with Crippen molar-refractivity contribution in [2.24, 2.45) is 0 Å². The lowest BCUT2D eigenvalue weighted by Crippen LogP contribution is -2.48. The molecule has 0 aliphatic carbocycles. The van der Waals surface area contributed by atoms with Gasteiger partial charge in [-0.2, -0.15) is 0 Å². The molecule has 0 radical (unpaired) electrons. The SMILES string of the molecule is CCCCNC(=O)C(C)N(Cc1ccc(Cl)cc1)C(=O)Cc1ccc(C)c(C)c1. The van der Waals surface area contributed by atoms with Crippen LogP contribution in [-0.2, 0) is 22.6 Å². The molecule has 0 spiro atoms. The Labute approximate surface area is 179 Å². The molecule has 0 aromatic heterocycles. The van der Waals surface area contributed by atoms with E-state index < -0.39 is 6.04 Å². The van der Waals surface area contributed by atoms with Gasteiger partial charge in [0.05, 0.1) is 6.42 Å². The summed E-state index contributed by atoms with van der Waals surface area (Å²) in [6.45, 7) is 8.95. The van der Waals surface area contributed by atoms with E-state index in [1.54, 1.807) is 24.0 Å². The standard InChI is InChI=1S/C24H31ClN2O2/c1-5-6-13-26-24(29)19(4)27(16-20-9-11-22(25)12-10-20)23(28)15-21-8-7-17(2)18(3)14-21/h7-12,14,19H,5-6,13,15-16H2,1-4H3,(H,26,29). The van der Waals surface area contributed by atoms with E-state index in [0.29, 0.717) is 18.1 Å². The second-order valence-electron chi connectivity index (χ2n) is 7.56. The molecule has 5 heteroatoms. The number of nitrogens with zero attached hydrogens (tertiary/aromatic N) is 1. The van der Waals surface area contributed by atoms with E-state index in [1.165, 1.54) is 5.56 Å². The zero-order chi connectivity index (χ0) is 21.4. The van der Waals surface area contributed by atoms with Crippen molar-refractivity contribution >= 4 is 23.4 Å². The molecular formula is C24H31ClN2O2. The first-order valence-corrected chi connectivity index (χ1v) is 10.6. The molecular weight excluding hydrogens is 384 g/mol. The molecule has 0 bridgehead atoms. The fraction of sp³-hybridized carbons (Fsp3) is 0.417. The minimum Gasteiger partial charge on any atom is -0.354 e. The molecule has 0 saturated carbocycles. The summed E-state index contributed by atoms with van der Waals surface area (Å²) >= 11 is 5.98. The quantitative estimate of drug-likeness (QED) is 0.597. The second kappa shape index (κ2) is 11.0. The van der Waals surface area contributed by atoms with Gasteiger partial charge >= 0.3 is 0 Å². The smallest absolute Gasteiger partial charge is 0.242 e. The van der Waals surface area contributed by atoms with Crippen molar-refractivity contribution in [2.75, 3.05) is 6.54 Å². The minimum atomic E-state index is -0.554. The molecule has 0 saturated heterocycles. The van der Waals surface area contributed by atoms with Crippen LogP contribution >= 0.6 is 11.6 Å². The molecule has 0 aliphatic heterocycles. The number of halogens is 1. The van der Waals surface area contributed by atoms with Gasteiger partial charge in [-0.3, -0.25) is 9.59 Å². The average Bonchev–Trinajstić information content (AvgIpc) is 2.69. The average molecular weight is 415 g/mol. The van der Waals surface area contributed by atoms with Crippen LogP contribution in [0, 0.1) is 13.8 Å². The van der Waals surface area contributed by atoms with E-state index in [2.05, 4.69) is 19.2 Å². The molecule has 2 aromatic rings. The summed E-state index contributed by atoms with van der Waals surface area (Å²) in [4.78, 5) is 27.5. The van der Waals surface area contributed by atoms with Crippen molar-refractivity contribution in [3.63, 3.8) is 0 Å². The molecule has 2 rings (SSSR count). The third-order valence-electron chi connectivity index (χ3n) is 5.19. The highest BCUT2D eigenvalue weighted by Crippen LogP contribution is 2.16. The number of rotatable bonds is 9. The normalized spacial score (nSPS) is 11.8. The van der Waals surface area contributed by atoms with Crippen LogP contribution < -0.4 is 5.32 Å². The summed E-state index contributed by atoms with van der Waals surface area (Å²) in [6, 6.07) is 12.9. The lowest BCUT2D eigenvalue weighted by atomic mass is 10.0. The Kier molecular flexibility index (Phi) is 8.71. The van der Waals surface area contributed by atoms with E-state index in [0.717, 1.165) is 29.5 Å². The first-order valence-electron chi connectivity index (χ1n) is 10.2. The van der Waals surface area contributed by atoms with Crippen molar-refractivity contribution in [1.29, 1.82) is 0 Å². The maximum Gasteiger partial charge on any atom is 0.242 e. The highest BCUT2D eigenvalue weighted by Gasteiger charge is 2.26. The number of amides is 2. The Morgan fingerprint density at radius 1 is 1.03 bits per heavy atom. The largest absolute Gasteiger partial charge is 0.354 e. The third-order valence-corrected chi connectivity index (χ3v) is 5.44. The highest BCUT2D eigenvalue weighted by molar-refractivity contribution is 6.30. The van der Waals surface area contributed by atoms with E-state index in [4.69, 9.17) is 11.6 Å². The second-order valence-corrected chi connectivity index (χ2v) is 8.00. The van der Waals surface area contributed by atoms with Crippen LogP contribution in [0.4, 0.5) is 0 Å². The molecule has 0 heterocycles. The number of benzene rings is 2. The Bertz CT molecular complexity index is 833. The van der Waals surface area contributed by atoms with Gasteiger partial charge in [-0.15, -0.1) is 0 Å². The number of carbonyl (C=O) groups excluding carboxylic acids is 2. The van der Waals surface area contributed by atoms with Crippen LogP contribution in [-0.4, -0.2) is 29.3 Å². The van der Waals surface area contributed by atoms with Crippen LogP contribution in [0.3, 0.4) is 0 Å². The topological polar surface area (TPSA) is 49.4 Å². The Morgan fingerprint density at radius 3 is 2.31 bits per heavy atom. The molecule has 1 unspecified atom stereocenters. The van der Waals surface area contributed by atoms with E-state index in [-0.39, 0.29) is 18.2 Å². The molecule has 0 aliphatic rings. The van der Waals surface area contributed by atoms with Gasteiger partial charge in [0.15, 0.2) is 0 Å². The fourth-order valence-electron chi connectivity index (χ4n) is 3.09. The summed E-state index contributed by atoms with van der Waals surface area (Å²) in [5, 5.41) is 3.59. The first kappa shape index (κ1) is 23.0. The number of carbonyl (C=O) groups is 2. The van der Waals surface area contributed by atoms with Gasteiger partial charge in [0.1, 0.15) is 6.04 Å². The summed E-state index contributed by atoms with van der Waals surface area (Å²) in [5.41, 5.74) is 4.25. The van der Waals surface area contributed by atoms with Crippen molar-refractivity contribution in [1.82, 2.24) is 10.2 Å². The maximum atomic E-state index is 13.2. The monoisotopic (exact) mass is 414 g/mol. The summed E-state index contributed by atoms with van der Waals surface area (Å²) < 4.78 is 0.